The molecule has 0 aromatic heterocycles. The van der Waals surface area contributed by atoms with Crippen molar-refractivity contribution in [2.45, 2.75) is 26.1 Å². The molecule has 0 rings (SSSR count). The Morgan fingerprint density at radius 2 is 1.83 bits per heavy atom. The van der Waals surface area contributed by atoms with Crippen molar-refractivity contribution >= 4 is 0 Å². The molecule has 0 aliphatic rings. The molecule has 1 unspecified atom stereocenters. The highest BCUT2D eigenvalue weighted by atomic mass is 16.5. The third-order valence-corrected chi connectivity index (χ3v) is 1.39. The first-order chi connectivity index (χ1) is 5.56. The largest absolute Gasteiger partial charge is 0.382 e. The molecule has 0 radical (unpaired) electrons. The van der Waals surface area contributed by atoms with E-state index >= 15 is 0 Å². The van der Waals surface area contributed by atoms with Crippen LogP contribution in [0.5, 0.6) is 0 Å². The molecule has 0 aromatic rings. The third kappa shape index (κ3) is 6.58. The molecule has 1 atom stereocenters. The van der Waals surface area contributed by atoms with E-state index in [1.807, 2.05) is 27.9 Å². The van der Waals surface area contributed by atoms with Gasteiger partial charge in [0.2, 0.25) is 0 Å². The van der Waals surface area contributed by atoms with Crippen LogP contribution in [0, 0.1) is 0 Å². The van der Waals surface area contributed by atoms with Crippen LogP contribution in [0.25, 0.3) is 0 Å². The van der Waals surface area contributed by atoms with E-state index in [-0.39, 0.29) is 12.2 Å². The molecule has 0 N–H and O–H groups in total. The van der Waals surface area contributed by atoms with Gasteiger partial charge in [-0.2, -0.15) is 0 Å². The summed E-state index contributed by atoms with van der Waals surface area (Å²) in [4.78, 5) is 2.10. The van der Waals surface area contributed by atoms with Crippen molar-refractivity contribution in [1.82, 2.24) is 4.90 Å². The van der Waals surface area contributed by atoms with Gasteiger partial charge in [-0.25, -0.2) is 0 Å². The second-order valence-corrected chi connectivity index (χ2v) is 3.52. The fourth-order valence-electron chi connectivity index (χ4n) is 1.11. The van der Waals surface area contributed by atoms with E-state index < -0.39 is 0 Å². The van der Waals surface area contributed by atoms with Crippen LogP contribution in [0.1, 0.15) is 13.8 Å². The highest BCUT2D eigenvalue weighted by Gasteiger charge is 2.11. The minimum Gasteiger partial charge on any atom is -0.382 e. The summed E-state index contributed by atoms with van der Waals surface area (Å²) in [5, 5.41) is 0. The van der Waals surface area contributed by atoms with Crippen molar-refractivity contribution in [1.29, 1.82) is 0 Å². The molecule has 3 heteroatoms. The lowest BCUT2D eigenvalue weighted by Crippen LogP contribution is -2.33. The van der Waals surface area contributed by atoms with Crippen LogP contribution >= 0.6 is 0 Å². The number of nitrogens with zero attached hydrogens (tertiary/aromatic N) is 1. The summed E-state index contributed by atoms with van der Waals surface area (Å²) in [6, 6.07) is 0. The molecule has 0 heterocycles. The van der Waals surface area contributed by atoms with E-state index in [0.29, 0.717) is 6.61 Å². The molecule has 0 spiro atoms. The van der Waals surface area contributed by atoms with E-state index in [1.165, 1.54) is 0 Å². The molecule has 0 amide bonds. The Labute approximate surface area is 75.6 Å². The van der Waals surface area contributed by atoms with Crippen LogP contribution in [0.15, 0.2) is 0 Å². The maximum atomic E-state index is 5.63. The van der Waals surface area contributed by atoms with Crippen molar-refractivity contribution in [2.24, 2.45) is 0 Å². The highest BCUT2D eigenvalue weighted by molar-refractivity contribution is 4.61. The molecule has 74 valence electrons. The van der Waals surface area contributed by atoms with Gasteiger partial charge in [-0.3, -0.25) is 0 Å². The standard InChI is InChI=1S/C9H21NO2/c1-8(2)12-9(7-11-5)6-10(3)4/h8-9H,6-7H2,1-5H3. The molecule has 0 aromatic carbocycles. The topological polar surface area (TPSA) is 21.7 Å². The highest BCUT2D eigenvalue weighted by Crippen LogP contribution is 1.99. The van der Waals surface area contributed by atoms with E-state index in [4.69, 9.17) is 9.47 Å². The van der Waals surface area contributed by atoms with Crippen molar-refractivity contribution in [2.75, 3.05) is 34.4 Å². The average Bonchev–Trinajstić information content (AvgIpc) is 1.84. The molecule has 0 fully saturated rings. The Kier molecular flexibility index (Phi) is 6.34. The van der Waals surface area contributed by atoms with E-state index in [2.05, 4.69) is 4.90 Å². The van der Waals surface area contributed by atoms with Crippen molar-refractivity contribution < 1.29 is 9.47 Å². The Morgan fingerprint density at radius 1 is 1.25 bits per heavy atom. The zero-order valence-electron chi connectivity index (χ0n) is 8.83. The third-order valence-electron chi connectivity index (χ3n) is 1.39. The van der Waals surface area contributed by atoms with Gasteiger partial charge in [0.15, 0.2) is 0 Å². The van der Waals surface area contributed by atoms with Gasteiger partial charge in [0.25, 0.3) is 0 Å². The molecule has 0 aliphatic heterocycles. The molecule has 0 saturated carbocycles. The maximum absolute atomic E-state index is 5.63. The Bertz CT molecular complexity index is 94.7. The Morgan fingerprint density at radius 3 is 2.17 bits per heavy atom. The average molecular weight is 175 g/mol. The summed E-state index contributed by atoms with van der Waals surface area (Å²) in [6.45, 7) is 5.65. The fraction of sp³-hybridized carbons (Fsp3) is 1.00. The first-order valence-electron chi connectivity index (χ1n) is 4.35. The summed E-state index contributed by atoms with van der Waals surface area (Å²) in [5.41, 5.74) is 0. The van der Waals surface area contributed by atoms with Crippen molar-refractivity contribution in [3.8, 4) is 0 Å². The van der Waals surface area contributed by atoms with Crippen LogP contribution in [0.2, 0.25) is 0 Å². The number of rotatable bonds is 6. The molecule has 0 aliphatic carbocycles. The van der Waals surface area contributed by atoms with E-state index in [9.17, 15) is 0 Å². The molecule has 0 bridgehead atoms. The van der Waals surface area contributed by atoms with Gasteiger partial charge < -0.3 is 14.4 Å². The molecule has 0 saturated heterocycles. The second kappa shape index (κ2) is 6.40. The van der Waals surface area contributed by atoms with Gasteiger partial charge in [-0.1, -0.05) is 0 Å². The van der Waals surface area contributed by atoms with Gasteiger partial charge in [0.05, 0.1) is 18.8 Å². The lowest BCUT2D eigenvalue weighted by atomic mass is 10.3. The SMILES string of the molecule is COCC(CN(C)C)OC(C)C. The zero-order valence-corrected chi connectivity index (χ0v) is 8.83. The lowest BCUT2D eigenvalue weighted by Gasteiger charge is -2.22. The quantitative estimate of drug-likeness (QED) is 0.601. The summed E-state index contributed by atoms with van der Waals surface area (Å²) < 4.78 is 10.7. The number of hydrogen-bond acceptors (Lipinski definition) is 3. The summed E-state index contributed by atoms with van der Waals surface area (Å²) in [7, 11) is 5.77. The molecular weight excluding hydrogens is 154 g/mol. The summed E-state index contributed by atoms with van der Waals surface area (Å²) in [5.74, 6) is 0. The number of hydrogen-bond donors (Lipinski definition) is 0. The second-order valence-electron chi connectivity index (χ2n) is 3.52. The predicted octanol–water partition coefficient (Wildman–Crippen LogP) is 0.988. The zero-order chi connectivity index (χ0) is 9.56. The summed E-state index contributed by atoms with van der Waals surface area (Å²) >= 11 is 0. The number of ether oxygens (including phenoxy) is 2. The number of methoxy groups -OCH3 is 1. The molecular formula is C9H21NO2. The van der Waals surface area contributed by atoms with Crippen LogP contribution in [-0.2, 0) is 9.47 Å². The lowest BCUT2D eigenvalue weighted by molar-refractivity contribution is -0.0435. The van der Waals surface area contributed by atoms with Gasteiger partial charge in [0, 0.05) is 13.7 Å². The van der Waals surface area contributed by atoms with Gasteiger partial charge >= 0.3 is 0 Å². The number of likely N-dealkylation sites (N-methyl/N-ethyl adjacent to an activating group) is 1. The van der Waals surface area contributed by atoms with Gasteiger partial charge in [-0.05, 0) is 27.9 Å². The minimum absolute atomic E-state index is 0.185. The van der Waals surface area contributed by atoms with Gasteiger partial charge in [-0.15, -0.1) is 0 Å². The summed E-state index contributed by atoms with van der Waals surface area (Å²) in [6.07, 6.45) is 0.454. The minimum atomic E-state index is 0.185. The van der Waals surface area contributed by atoms with Crippen LogP contribution < -0.4 is 0 Å². The maximum Gasteiger partial charge on any atom is 0.0938 e. The predicted molar refractivity (Wildman–Crippen MR) is 50.4 cm³/mol. The Balaban J connectivity index is 3.69. The fourth-order valence-corrected chi connectivity index (χ4v) is 1.11. The van der Waals surface area contributed by atoms with E-state index in [1.54, 1.807) is 7.11 Å². The van der Waals surface area contributed by atoms with Gasteiger partial charge in [0.1, 0.15) is 0 Å². The first kappa shape index (κ1) is 11.9. The van der Waals surface area contributed by atoms with E-state index in [0.717, 1.165) is 6.54 Å². The molecule has 3 nitrogen and oxygen atoms in total. The first-order valence-corrected chi connectivity index (χ1v) is 4.35. The van der Waals surface area contributed by atoms with Crippen molar-refractivity contribution in [3.05, 3.63) is 0 Å². The monoisotopic (exact) mass is 175 g/mol. The van der Waals surface area contributed by atoms with Crippen LogP contribution in [-0.4, -0.2) is 51.5 Å². The van der Waals surface area contributed by atoms with Crippen LogP contribution in [0.4, 0.5) is 0 Å². The van der Waals surface area contributed by atoms with Crippen LogP contribution in [0.3, 0.4) is 0 Å². The molecule has 12 heavy (non-hydrogen) atoms. The smallest absolute Gasteiger partial charge is 0.0938 e. The normalized spacial score (nSPS) is 14.2. The Hall–Kier alpha value is -0.120. The van der Waals surface area contributed by atoms with Crippen molar-refractivity contribution in [3.63, 3.8) is 0 Å².